The number of hydrogen-bond acceptors (Lipinski definition) is 4. The average Bonchev–Trinajstić information content (AvgIpc) is 2.85. The fourth-order valence-electron chi connectivity index (χ4n) is 2.66. The van der Waals surface area contributed by atoms with Crippen LogP contribution in [0.15, 0.2) is 48.7 Å². The van der Waals surface area contributed by atoms with Crippen LogP contribution in [-0.4, -0.2) is 19.8 Å². The smallest absolute Gasteiger partial charge is 0.181 e. The first-order chi connectivity index (χ1) is 12.1. The summed E-state index contributed by atoms with van der Waals surface area (Å²) in [6.07, 6.45) is 0.753. The maximum Gasteiger partial charge on any atom is 0.181 e. The normalized spacial score (nSPS) is 11.8. The van der Waals surface area contributed by atoms with Crippen LogP contribution in [0.1, 0.15) is 5.76 Å². The Kier molecular flexibility index (Phi) is 5.06. The van der Waals surface area contributed by atoms with Crippen LogP contribution in [0.2, 0.25) is 0 Å². The molecule has 1 heterocycles. The Labute approximate surface area is 165 Å². The Morgan fingerprint density at radius 1 is 0.962 bits per heavy atom. The zero-order chi connectivity index (χ0) is 19.2. The molecule has 0 N–H and O–H groups in total. The molecule has 0 aliphatic heterocycles. The molecule has 0 spiro atoms. The maximum absolute atomic E-state index is 14.3. The number of benzene rings is 2. The van der Waals surface area contributed by atoms with Crippen LogP contribution in [0, 0.1) is 18.6 Å². The van der Waals surface area contributed by atoms with Gasteiger partial charge in [0.1, 0.15) is 28.0 Å². The highest BCUT2D eigenvalue weighted by atomic mass is 79.9. The number of rotatable bonds is 3. The second kappa shape index (κ2) is 6.86. The Morgan fingerprint density at radius 3 is 2.00 bits per heavy atom. The summed E-state index contributed by atoms with van der Waals surface area (Å²) in [5, 5.41) is 4.00. The van der Waals surface area contributed by atoms with Crippen molar-refractivity contribution in [1.29, 1.82) is 0 Å². The van der Waals surface area contributed by atoms with Crippen LogP contribution in [0.5, 0.6) is 0 Å². The summed E-state index contributed by atoms with van der Waals surface area (Å²) in [7, 11) is -4.03. The lowest BCUT2D eigenvalue weighted by atomic mass is 9.99. The van der Waals surface area contributed by atoms with Crippen molar-refractivity contribution in [3.8, 4) is 22.4 Å². The number of halogens is 4. The third kappa shape index (κ3) is 3.60. The molecule has 1 aromatic heterocycles. The van der Waals surface area contributed by atoms with Gasteiger partial charge in [-0.2, -0.15) is 0 Å². The van der Waals surface area contributed by atoms with Crippen LogP contribution in [0.25, 0.3) is 22.4 Å². The maximum atomic E-state index is 14.3. The molecule has 2 aromatic carbocycles. The summed E-state index contributed by atoms with van der Waals surface area (Å²) in [6, 6.07) is 7.33. The summed E-state index contributed by atoms with van der Waals surface area (Å²) in [5.41, 5.74) is 1.56. The second-order valence-electron chi connectivity index (χ2n) is 5.66. The van der Waals surface area contributed by atoms with E-state index < -0.39 is 26.4 Å². The van der Waals surface area contributed by atoms with Gasteiger partial charge in [-0.15, -0.1) is 0 Å². The molecule has 9 heteroatoms. The number of sulfone groups is 1. The molecule has 4 nitrogen and oxygen atoms in total. The van der Waals surface area contributed by atoms with Crippen molar-refractivity contribution in [1.82, 2.24) is 5.16 Å². The number of aryl methyl sites for hydroxylation is 1. The number of hydrogen-bond donors (Lipinski definition) is 0. The van der Waals surface area contributed by atoms with E-state index in [1.165, 1.54) is 0 Å². The first-order valence-corrected chi connectivity index (χ1v) is 10.7. The Morgan fingerprint density at radius 2 is 1.50 bits per heavy atom. The summed E-state index contributed by atoms with van der Waals surface area (Å²) < 4.78 is 58.5. The molecular weight excluding hydrogens is 496 g/mol. The van der Waals surface area contributed by atoms with Gasteiger partial charge in [0, 0.05) is 20.8 Å². The Balaban J connectivity index is 2.25. The van der Waals surface area contributed by atoms with Crippen LogP contribution in [-0.2, 0) is 9.84 Å². The molecule has 0 unspecified atom stereocenters. The minimum atomic E-state index is -4.03. The number of aromatic nitrogens is 1. The molecule has 0 fully saturated rings. The van der Waals surface area contributed by atoms with Gasteiger partial charge < -0.3 is 4.52 Å². The molecule has 0 amide bonds. The lowest BCUT2D eigenvalue weighted by Crippen LogP contribution is -2.05. The van der Waals surface area contributed by atoms with E-state index in [1.807, 2.05) is 6.07 Å². The first-order valence-electron chi connectivity index (χ1n) is 7.20. The highest BCUT2D eigenvalue weighted by molar-refractivity contribution is 9.11. The van der Waals surface area contributed by atoms with Gasteiger partial charge in [-0.05, 0) is 42.8 Å². The summed E-state index contributed by atoms with van der Waals surface area (Å²) in [6.45, 7) is 1.61. The summed E-state index contributed by atoms with van der Waals surface area (Å²) >= 11 is 6.75. The van der Waals surface area contributed by atoms with Crippen molar-refractivity contribution in [3.63, 3.8) is 0 Å². The molecule has 26 heavy (non-hydrogen) atoms. The molecule has 136 valence electrons. The zero-order valence-electron chi connectivity index (χ0n) is 13.5. The van der Waals surface area contributed by atoms with E-state index in [0.29, 0.717) is 22.6 Å². The summed E-state index contributed by atoms with van der Waals surface area (Å²) in [4.78, 5) is -0.956. The summed E-state index contributed by atoms with van der Waals surface area (Å²) in [5.74, 6) is -1.98. The largest absolute Gasteiger partial charge is 0.360 e. The molecule has 0 radical (unpaired) electrons. The lowest BCUT2D eigenvalue weighted by Gasteiger charge is -2.08. The van der Waals surface area contributed by atoms with E-state index >= 15 is 0 Å². The second-order valence-corrected chi connectivity index (χ2v) is 9.45. The van der Waals surface area contributed by atoms with Gasteiger partial charge >= 0.3 is 0 Å². The van der Waals surface area contributed by atoms with Gasteiger partial charge in [-0.25, -0.2) is 17.2 Å². The van der Waals surface area contributed by atoms with Gasteiger partial charge in [0.25, 0.3) is 0 Å². The molecule has 0 saturated heterocycles. The molecule has 0 bridgehead atoms. The highest BCUT2D eigenvalue weighted by Crippen LogP contribution is 2.38. The van der Waals surface area contributed by atoms with E-state index in [2.05, 4.69) is 37.0 Å². The van der Waals surface area contributed by atoms with Crippen molar-refractivity contribution in [2.75, 3.05) is 6.26 Å². The Hall–Kier alpha value is -1.58. The molecule has 3 aromatic rings. The van der Waals surface area contributed by atoms with Crippen molar-refractivity contribution >= 4 is 41.7 Å². The zero-order valence-corrected chi connectivity index (χ0v) is 17.5. The molecule has 3 rings (SSSR count). The molecular formula is C17H11Br2F2NO3S. The minimum absolute atomic E-state index is 0.136. The standard InChI is InChI=1S/C17H11Br2F2NO3S/c1-8-15(9-5-13(20)17(14(21)6-9)26(2,23)24)16(22-25-8)10-3-11(18)7-12(19)4-10/h3-7H,1-2H3. The minimum Gasteiger partial charge on any atom is -0.360 e. The van der Waals surface area contributed by atoms with Gasteiger partial charge in [0.2, 0.25) is 0 Å². The van der Waals surface area contributed by atoms with Crippen LogP contribution < -0.4 is 0 Å². The van der Waals surface area contributed by atoms with Crippen LogP contribution in [0.4, 0.5) is 8.78 Å². The fourth-order valence-corrected chi connectivity index (χ4v) is 4.78. The van der Waals surface area contributed by atoms with Gasteiger partial charge in [0.15, 0.2) is 9.84 Å². The van der Waals surface area contributed by atoms with Gasteiger partial charge in [-0.1, -0.05) is 37.0 Å². The van der Waals surface area contributed by atoms with E-state index in [4.69, 9.17) is 4.52 Å². The molecule has 0 atom stereocenters. The topological polar surface area (TPSA) is 60.2 Å². The van der Waals surface area contributed by atoms with Crippen molar-refractivity contribution in [2.24, 2.45) is 0 Å². The average molecular weight is 507 g/mol. The predicted molar refractivity (Wildman–Crippen MR) is 101 cm³/mol. The van der Waals surface area contributed by atoms with Crippen molar-refractivity contribution < 1.29 is 21.7 Å². The quantitative estimate of drug-likeness (QED) is 0.469. The van der Waals surface area contributed by atoms with Crippen molar-refractivity contribution in [2.45, 2.75) is 11.8 Å². The molecule has 0 aliphatic rings. The first kappa shape index (κ1) is 19.2. The fraction of sp³-hybridized carbons (Fsp3) is 0.118. The van der Waals surface area contributed by atoms with Gasteiger partial charge in [-0.3, -0.25) is 0 Å². The molecule has 0 aliphatic carbocycles. The van der Waals surface area contributed by atoms with E-state index in [-0.39, 0.29) is 5.56 Å². The monoisotopic (exact) mass is 505 g/mol. The highest BCUT2D eigenvalue weighted by Gasteiger charge is 2.24. The third-order valence-electron chi connectivity index (χ3n) is 3.66. The SMILES string of the molecule is Cc1onc(-c2cc(Br)cc(Br)c2)c1-c1cc(F)c(S(C)(=O)=O)c(F)c1. The van der Waals surface area contributed by atoms with Crippen LogP contribution in [0.3, 0.4) is 0 Å². The van der Waals surface area contributed by atoms with E-state index in [0.717, 1.165) is 27.3 Å². The Bertz CT molecular complexity index is 1080. The van der Waals surface area contributed by atoms with Gasteiger partial charge in [0.05, 0.1) is 5.56 Å². The lowest BCUT2D eigenvalue weighted by molar-refractivity contribution is 0.400. The van der Waals surface area contributed by atoms with E-state index in [9.17, 15) is 17.2 Å². The van der Waals surface area contributed by atoms with Crippen molar-refractivity contribution in [3.05, 3.63) is 56.7 Å². The van der Waals surface area contributed by atoms with E-state index in [1.54, 1.807) is 19.1 Å². The van der Waals surface area contributed by atoms with Crippen LogP contribution >= 0.6 is 31.9 Å². The number of nitrogens with zero attached hydrogens (tertiary/aromatic N) is 1. The predicted octanol–water partition coefficient (Wildman–Crippen LogP) is 5.52. The molecule has 0 saturated carbocycles. The third-order valence-corrected chi connectivity index (χ3v) is 5.70.